The van der Waals surface area contributed by atoms with Crippen LogP contribution in [0.15, 0.2) is 28.7 Å². The summed E-state index contributed by atoms with van der Waals surface area (Å²) >= 11 is 0. The zero-order valence-corrected chi connectivity index (χ0v) is 16.2. The summed E-state index contributed by atoms with van der Waals surface area (Å²) in [5.41, 5.74) is 1.28. The average molecular weight is 385 g/mol. The van der Waals surface area contributed by atoms with E-state index in [1.165, 1.54) is 19.3 Å². The Balaban J connectivity index is 1.63. The van der Waals surface area contributed by atoms with E-state index in [1.807, 2.05) is 0 Å². The van der Waals surface area contributed by atoms with Gasteiger partial charge in [0.25, 0.3) is 5.91 Å². The summed E-state index contributed by atoms with van der Waals surface area (Å²) < 4.78 is 5.39. The molecule has 3 rings (SSSR count). The van der Waals surface area contributed by atoms with E-state index >= 15 is 0 Å². The van der Waals surface area contributed by atoms with E-state index in [1.54, 1.807) is 31.2 Å². The van der Waals surface area contributed by atoms with Crippen LogP contribution in [-0.2, 0) is 4.79 Å². The fraction of sp³-hybridized carbons (Fsp3) is 0.524. The summed E-state index contributed by atoms with van der Waals surface area (Å²) in [4.78, 5) is 23.7. The van der Waals surface area contributed by atoms with Crippen molar-refractivity contribution in [1.29, 1.82) is 0 Å². The smallest absolute Gasteiger partial charge is 0.303 e. The van der Waals surface area contributed by atoms with Gasteiger partial charge in [-0.05, 0) is 43.0 Å². The molecule has 1 aromatic heterocycles. The molecule has 7 heteroatoms. The van der Waals surface area contributed by atoms with Crippen molar-refractivity contribution in [2.45, 2.75) is 64.3 Å². The van der Waals surface area contributed by atoms with E-state index in [-0.39, 0.29) is 18.4 Å². The maximum Gasteiger partial charge on any atom is 0.303 e. The lowest BCUT2D eigenvalue weighted by Crippen LogP contribution is -2.37. The van der Waals surface area contributed by atoms with Crippen molar-refractivity contribution < 1.29 is 19.1 Å². The van der Waals surface area contributed by atoms with E-state index in [9.17, 15) is 9.59 Å². The molecule has 2 aromatic rings. The number of carbonyl (C=O) groups excluding carboxylic acids is 1. The summed E-state index contributed by atoms with van der Waals surface area (Å²) in [6.45, 7) is 1.72. The number of aliphatic carboxylic acids is 1. The molecule has 1 aromatic carbocycles. The highest BCUT2D eigenvalue weighted by molar-refractivity contribution is 5.94. The zero-order valence-electron chi connectivity index (χ0n) is 16.2. The third-order valence-electron chi connectivity index (χ3n) is 5.30. The molecular weight excluding hydrogens is 358 g/mol. The van der Waals surface area contributed by atoms with Crippen molar-refractivity contribution in [1.82, 2.24) is 15.5 Å². The monoisotopic (exact) mass is 385 g/mol. The van der Waals surface area contributed by atoms with Gasteiger partial charge >= 0.3 is 5.97 Å². The number of carbonyl (C=O) groups is 2. The Hall–Kier alpha value is -2.70. The molecule has 1 atom stereocenters. The Labute approximate surface area is 164 Å². The summed E-state index contributed by atoms with van der Waals surface area (Å²) in [5, 5.41) is 19.9. The number of rotatable bonds is 8. The van der Waals surface area contributed by atoms with Crippen LogP contribution in [0.1, 0.15) is 67.6 Å². The summed E-state index contributed by atoms with van der Waals surface area (Å²) in [5.74, 6) is 0.458. The maximum absolute atomic E-state index is 12.7. The van der Waals surface area contributed by atoms with Gasteiger partial charge in [-0.3, -0.25) is 9.59 Å². The predicted octanol–water partition coefficient (Wildman–Crippen LogP) is 3.98. The molecule has 0 spiro atoms. The number of benzene rings is 1. The molecule has 0 bridgehead atoms. The minimum Gasteiger partial charge on any atom is -0.481 e. The molecule has 1 saturated carbocycles. The molecule has 1 amide bonds. The van der Waals surface area contributed by atoms with E-state index in [4.69, 9.17) is 9.52 Å². The zero-order chi connectivity index (χ0) is 19.9. The lowest BCUT2D eigenvalue weighted by atomic mass is 9.84. The summed E-state index contributed by atoms with van der Waals surface area (Å²) in [6, 6.07) is 6.87. The van der Waals surface area contributed by atoms with Gasteiger partial charge in [0, 0.05) is 30.5 Å². The lowest BCUT2D eigenvalue weighted by Gasteiger charge is -2.27. The second-order valence-corrected chi connectivity index (χ2v) is 7.55. The van der Waals surface area contributed by atoms with Crippen LogP contribution in [0.25, 0.3) is 11.5 Å². The summed E-state index contributed by atoms with van der Waals surface area (Å²) in [7, 11) is 0. The van der Waals surface area contributed by atoms with E-state index in [0.29, 0.717) is 29.7 Å². The average Bonchev–Trinajstić information content (AvgIpc) is 3.13. The van der Waals surface area contributed by atoms with Gasteiger partial charge in [0.15, 0.2) is 0 Å². The highest BCUT2D eigenvalue weighted by atomic mass is 16.4. The van der Waals surface area contributed by atoms with Crippen LogP contribution >= 0.6 is 0 Å². The SMILES string of the molecule is Cc1nnc(-c2ccc(C(=O)NC(CCC(=O)O)CC3CCCCC3)cc2)o1. The molecule has 1 unspecified atom stereocenters. The molecule has 0 radical (unpaired) electrons. The van der Waals surface area contributed by atoms with Gasteiger partial charge < -0.3 is 14.8 Å². The topological polar surface area (TPSA) is 105 Å². The molecule has 1 fully saturated rings. The first kappa shape index (κ1) is 20.0. The Kier molecular flexibility index (Phi) is 6.79. The largest absolute Gasteiger partial charge is 0.481 e. The second-order valence-electron chi connectivity index (χ2n) is 7.55. The number of hydrogen-bond donors (Lipinski definition) is 2. The number of nitrogens with one attached hydrogen (secondary N) is 1. The molecule has 1 aliphatic carbocycles. The van der Waals surface area contributed by atoms with E-state index in [0.717, 1.165) is 24.8 Å². The van der Waals surface area contributed by atoms with Gasteiger partial charge in [-0.2, -0.15) is 0 Å². The molecular formula is C21H27N3O4. The van der Waals surface area contributed by atoms with Gasteiger partial charge in [-0.15, -0.1) is 10.2 Å². The minimum atomic E-state index is -0.831. The van der Waals surface area contributed by atoms with Gasteiger partial charge in [-0.25, -0.2) is 0 Å². The Morgan fingerprint density at radius 1 is 1.18 bits per heavy atom. The second kappa shape index (κ2) is 9.48. The number of aromatic nitrogens is 2. The van der Waals surface area contributed by atoms with Crippen LogP contribution in [0, 0.1) is 12.8 Å². The Morgan fingerprint density at radius 3 is 2.50 bits per heavy atom. The van der Waals surface area contributed by atoms with Crippen LogP contribution in [0.2, 0.25) is 0 Å². The lowest BCUT2D eigenvalue weighted by molar-refractivity contribution is -0.137. The number of hydrogen-bond acceptors (Lipinski definition) is 5. The number of nitrogens with zero attached hydrogens (tertiary/aromatic N) is 2. The highest BCUT2D eigenvalue weighted by Crippen LogP contribution is 2.28. The van der Waals surface area contributed by atoms with Crippen molar-refractivity contribution in [3.05, 3.63) is 35.7 Å². The molecule has 0 saturated heterocycles. The molecule has 1 aliphatic rings. The van der Waals surface area contributed by atoms with E-state index < -0.39 is 5.97 Å². The standard InChI is InChI=1S/C21H27N3O4/c1-14-23-24-21(28-14)17-9-7-16(8-10-17)20(27)22-18(11-12-19(25)26)13-15-5-3-2-4-6-15/h7-10,15,18H,2-6,11-13H2,1H3,(H,22,27)(H,25,26). The number of carboxylic acid groups (broad SMARTS) is 1. The summed E-state index contributed by atoms with van der Waals surface area (Å²) in [6.07, 6.45) is 7.41. The van der Waals surface area contributed by atoms with Gasteiger partial charge in [0.1, 0.15) is 0 Å². The third kappa shape index (κ3) is 5.65. The molecule has 1 heterocycles. The first-order valence-corrected chi connectivity index (χ1v) is 9.94. The molecule has 7 nitrogen and oxygen atoms in total. The fourth-order valence-corrected chi connectivity index (χ4v) is 3.82. The van der Waals surface area contributed by atoms with Gasteiger partial charge in [0.05, 0.1) is 0 Å². The first-order chi connectivity index (χ1) is 13.5. The minimum absolute atomic E-state index is 0.0626. The fourth-order valence-electron chi connectivity index (χ4n) is 3.82. The van der Waals surface area contributed by atoms with Crippen LogP contribution < -0.4 is 5.32 Å². The molecule has 28 heavy (non-hydrogen) atoms. The molecule has 2 N–H and O–H groups in total. The van der Waals surface area contributed by atoms with Crippen molar-refractivity contribution in [3.63, 3.8) is 0 Å². The van der Waals surface area contributed by atoms with Crippen LogP contribution in [0.5, 0.6) is 0 Å². The van der Waals surface area contributed by atoms with Crippen molar-refractivity contribution in [3.8, 4) is 11.5 Å². The van der Waals surface area contributed by atoms with Crippen LogP contribution in [-0.4, -0.2) is 33.2 Å². The Morgan fingerprint density at radius 2 is 1.89 bits per heavy atom. The highest BCUT2D eigenvalue weighted by Gasteiger charge is 2.22. The maximum atomic E-state index is 12.7. The quantitative estimate of drug-likeness (QED) is 0.712. The van der Waals surface area contributed by atoms with Gasteiger partial charge in [-0.1, -0.05) is 32.1 Å². The predicted molar refractivity (Wildman–Crippen MR) is 104 cm³/mol. The number of aryl methyl sites for hydroxylation is 1. The number of amides is 1. The van der Waals surface area contributed by atoms with Crippen LogP contribution in [0.3, 0.4) is 0 Å². The van der Waals surface area contributed by atoms with E-state index in [2.05, 4.69) is 15.5 Å². The normalized spacial score (nSPS) is 15.9. The third-order valence-corrected chi connectivity index (χ3v) is 5.30. The molecule has 150 valence electrons. The van der Waals surface area contributed by atoms with Crippen molar-refractivity contribution in [2.75, 3.05) is 0 Å². The molecule has 0 aliphatic heterocycles. The van der Waals surface area contributed by atoms with Crippen molar-refractivity contribution >= 4 is 11.9 Å². The van der Waals surface area contributed by atoms with Crippen molar-refractivity contribution in [2.24, 2.45) is 5.92 Å². The Bertz CT molecular complexity index is 794. The first-order valence-electron chi connectivity index (χ1n) is 9.94. The number of carboxylic acids is 1. The van der Waals surface area contributed by atoms with Crippen LogP contribution in [0.4, 0.5) is 0 Å². The van der Waals surface area contributed by atoms with Gasteiger partial charge in [0.2, 0.25) is 11.8 Å².